The van der Waals surface area contributed by atoms with Crippen LogP contribution in [-0.2, 0) is 0 Å². The van der Waals surface area contributed by atoms with E-state index in [1.54, 1.807) is 0 Å². The van der Waals surface area contributed by atoms with Crippen LogP contribution in [-0.4, -0.2) is 18.3 Å². The minimum absolute atomic E-state index is 0.244. The molecule has 0 heterocycles. The summed E-state index contributed by atoms with van der Waals surface area (Å²) in [7, 11) is 0. The predicted molar refractivity (Wildman–Crippen MR) is 48.1 cm³/mol. The lowest BCUT2D eigenvalue weighted by Crippen LogP contribution is -2.06. The second-order valence-electron chi connectivity index (χ2n) is 2.58. The summed E-state index contributed by atoms with van der Waals surface area (Å²) in [5.41, 5.74) is -0.244. The van der Waals surface area contributed by atoms with Crippen molar-refractivity contribution in [3.05, 3.63) is 29.6 Å². The van der Waals surface area contributed by atoms with Crippen molar-refractivity contribution in [2.24, 2.45) is 0 Å². The van der Waals surface area contributed by atoms with Gasteiger partial charge in [-0.1, -0.05) is 0 Å². The third-order valence-corrected chi connectivity index (χ3v) is 1.83. The van der Waals surface area contributed by atoms with Crippen molar-refractivity contribution in [3.8, 4) is 5.75 Å². The highest BCUT2D eigenvalue weighted by Gasteiger charge is 2.13. The monoisotopic (exact) mass is 238 g/mol. The Morgan fingerprint density at radius 2 is 2.13 bits per heavy atom. The molecule has 0 saturated carbocycles. The number of carbonyl (C=O) groups is 1. The van der Waals surface area contributed by atoms with Crippen molar-refractivity contribution in [1.29, 1.82) is 0 Å². The molecule has 0 radical (unpaired) electrons. The van der Waals surface area contributed by atoms with Crippen molar-refractivity contribution in [3.63, 3.8) is 0 Å². The van der Waals surface area contributed by atoms with Crippen LogP contribution in [0.25, 0.3) is 0 Å². The Bertz CT molecular complexity index is 368. The molecular formula is C9H6ClF3O2. The minimum atomic E-state index is -3.03. The average Bonchev–Trinajstić information content (AvgIpc) is 2.16. The van der Waals surface area contributed by atoms with E-state index in [4.69, 9.17) is 11.6 Å². The number of hydrogen-bond donors (Lipinski definition) is 0. The van der Waals surface area contributed by atoms with Crippen molar-refractivity contribution >= 4 is 17.4 Å². The summed E-state index contributed by atoms with van der Waals surface area (Å²) >= 11 is 5.22. The SMILES string of the molecule is O=C(CCl)c1ccc(OC(F)F)cc1F. The Labute approximate surface area is 88.6 Å². The normalized spacial score (nSPS) is 10.5. The van der Waals surface area contributed by atoms with Crippen molar-refractivity contribution in [2.75, 3.05) is 5.88 Å². The van der Waals surface area contributed by atoms with Crippen molar-refractivity contribution in [2.45, 2.75) is 6.61 Å². The Kier molecular flexibility index (Phi) is 3.96. The number of ketones is 1. The molecule has 1 aromatic rings. The van der Waals surface area contributed by atoms with Crippen molar-refractivity contribution < 1.29 is 22.7 Å². The molecule has 0 amide bonds. The van der Waals surface area contributed by atoms with E-state index in [1.165, 1.54) is 0 Å². The van der Waals surface area contributed by atoms with Gasteiger partial charge < -0.3 is 4.74 Å². The molecular weight excluding hydrogens is 233 g/mol. The molecule has 0 aliphatic rings. The van der Waals surface area contributed by atoms with Gasteiger partial charge >= 0.3 is 6.61 Å². The van der Waals surface area contributed by atoms with E-state index >= 15 is 0 Å². The molecule has 0 N–H and O–H groups in total. The number of Topliss-reactive ketones (excluding diaryl/α,β-unsaturated/α-hetero) is 1. The van der Waals surface area contributed by atoms with Gasteiger partial charge in [0.25, 0.3) is 0 Å². The number of benzene rings is 1. The van der Waals surface area contributed by atoms with E-state index in [9.17, 15) is 18.0 Å². The smallest absolute Gasteiger partial charge is 0.387 e. The van der Waals surface area contributed by atoms with E-state index in [0.717, 1.165) is 12.1 Å². The molecule has 0 spiro atoms. The van der Waals surface area contributed by atoms with Gasteiger partial charge in [-0.25, -0.2) is 4.39 Å². The number of carbonyl (C=O) groups excluding carboxylic acids is 1. The van der Waals surface area contributed by atoms with Gasteiger partial charge in [-0.05, 0) is 12.1 Å². The molecule has 0 atom stereocenters. The second-order valence-corrected chi connectivity index (χ2v) is 2.84. The summed E-state index contributed by atoms with van der Waals surface area (Å²) in [4.78, 5) is 11.0. The lowest BCUT2D eigenvalue weighted by atomic mass is 10.1. The molecule has 0 bridgehead atoms. The summed E-state index contributed by atoms with van der Waals surface area (Å²) in [6.45, 7) is -3.03. The first-order chi connectivity index (χ1) is 7.04. The summed E-state index contributed by atoms with van der Waals surface area (Å²) in [5, 5.41) is 0. The van der Waals surface area contributed by atoms with Gasteiger partial charge in [0.05, 0.1) is 11.4 Å². The standard InChI is InChI=1S/C9H6ClF3O2/c10-4-8(14)6-2-1-5(3-7(6)11)15-9(12)13/h1-3,9H,4H2. The fraction of sp³-hybridized carbons (Fsp3) is 0.222. The minimum Gasteiger partial charge on any atom is -0.435 e. The van der Waals surface area contributed by atoms with E-state index in [2.05, 4.69) is 4.74 Å². The zero-order valence-electron chi connectivity index (χ0n) is 7.34. The molecule has 1 rings (SSSR count). The number of ether oxygens (including phenoxy) is 1. The van der Waals surface area contributed by atoms with Gasteiger partial charge in [-0.15, -0.1) is 11.6 Å². The van der Waals surface area contributed by atoms with Crippen LogP contribution in [0.3, 0.4) is 0 Å². The maximum Gasteiger partial charge on any atom is 0.387 e. The maximum atomic E-state index is 13.1. The van der Waals surface area contributed by atoms with Gasteiger partial charge in [0, 0.05) is 6.07 Å². The molecule has 6 heteroatoms. The maximum absolute atomic E-state index is 13.1. The molecule has 0 aliphatic carbocycles. The van der Waals surface area contributed by atoms with E-state index in [-0.39, 0.29) is 17.2 Å². The highest BCUT2D eigenvalue weighted by Crippen LogP contribution is 2.19. The first-order valence-corrected chi connectivity index (χ1v) is 4.41. The van der Waals surface area contributed by atoms with Gasteiger partial charge in [-0.2, -0.15) is 8.78 Å². The molecule has 0 fully saturated rings. The van der Waals surface area contributed by atoms with E-state index in [1.807, 2.05) is 0 Å². The van der Waals surface area contributed by atoms with Crippen molar-refractivity contribution in [1.82, 2.24) is 0 Å². The zero-order chi connectivity index (χ0) is 11.4. The third kappa shape index (κ3) is 3.13. The summed E-state index contributed by atoms with van der Waals surface area (Å²) in [5.74, 6) is -2.25. The number of rotatable bonds is 4. The molecule has 2 nitrogen and oxygen atoms in total. The molecule has 0 unspecified atom stereocenters. The third-order valence-electron chi connectivity index (χ3n) is 1.59. The first-order valence-electron chi connectivity index (χ1n) is 3.88. The van der Waals surface area contributed by atoms with Crippen LogP contribution in [0.4, 0.5) is 13.2 Å². The first kappa shape index (κ1) is 11.8. The average molecular weight is 239 g/mol. The summed E-state index contributed by atoms with van der Waals surface area (Å²) in [6, 6.07) is 2.85. The number of halogens is 4. The molecule has 15 heavy (non-hydrogen) atoms. The Morgan fingerprint density at radius 3 is 2.60 bits per heavy atom. The topological polar surface area (TPSA) is 26.3 Å². The lowest BCUT2D eigenvalue weighted by Gasteiger charge is -2.05. The molecule has 82 valence electrons. The Balaban J connectivity index is 2.93. The van der Waals surface area contributed by atoms with Gasteiger partial charge in [0.1, 0.15) is 11.6 Å². The summed E-state index contributed by atoms with van der Waals surface area (Å²) < 4.78 is 40.6. The molecule has 0 aliphatic heterocycles. The van der Waals surface area contributed by atoms with E-state index in [0.29, 0.717) is 6.07 Å². The highest BCUT2D eigenvalue weighted by atomic mass is 35.5. The zero-order valence-corrected chi connectivity index (χ0v) is 8.10. The van der Waals surface area contributed by atoms with Crippen LogP contribution in [0.15, 0.2) is 18.2 Å². The fourth-order valence-electron chi connectivity index (χ4n) is 0.970. The molecule has 1 aromatic carbocycles. The van der Waals surface area contributed by atoms with Crippen LogP contribution in [0, 0.1) is 5.82 Å². The largest absolute Gasteiger partial charge is 0.435 e. The fourth-order valence-corrected chi connectivity index (χ4v) is 1.11. The summed E-state index contributed by atoms with van der Waals surface area (Å²) in [6.07, 6.45) is 0. The van der Waals surface area contributed by atoms with Crippen LogP contribution in [0.1, 0.15) is 10.4 Å². The number of hydrogen-bond acceptors (Lipinski definition) is 2. The van der Waals surface area contributed by atoms with Gasteiger partial charge in [0.15, 0.2) is 5.78 Å². The van der Waals surface area contributed by atoms with Crippen LogP contribution >= 0.6 is 11.6 Å². The van der Waals surface area contributed by atoms with Gasteiger partial charge in [0.2, 0.25) is 0 Å². The van der Waals surface area contributed by atoms with E-state index < -0.39 is 18.2 Å². The quantitative estimate of drug-likeness (QED) is 0.596. The Morgan fingerprint density at radius 1 is 1.47 bits per heavy atom. The lowest BCUT2D eigenvalue weighted by molar-refractivity contribution is -0.0499. The Hall–Kier alpha value is -1.23. The van der Waals surface area contributed by atoms with Crippen LogP contribution in [0.2, 0.25) is 0 Å². The van der Waals surface area contributed by atoms with Gasteiger partial charge in [-0.3, -0.25) is 4.79 Å². The molecule has 0 aromatic heterocycles. The highest BCUT2D eigenvalue weighted by molar-refractivity contribution is 6.30. The predicted octanol–water partition coefficient (Wildman–Crippen LogP) is 2.85. The second kappa shape index (κ2) is 5.02. The molecule has 0 saturated heterocycles. The number of alkyl halides is 3. The van der Waals surface area contributed by atoms with Crippen LogP contribution < -0.4 is 4.74 Å². The van der Waals surface area contributed by atoms with Crippen LogP contribution in [0.5, 0.6) is 5.75 Å².